The molecule has 1 aliphatic rings. The van der Waals surface area contributed by atoms with E-state index in [0.29, 0.717) is 6.54 Å². The van der Waals surface area contributed by atoms with Gasteiger partial charge in [0, 0.05) is 24.5 Å². The van der Waals surface area contributed by atoms with Crippen molar-refractivity contribution in [2.45, 2.75) is 24.8 Å². The maximum atomic E-state index is 12.6. The van der Waals surface area contributed by atoms with Gasteiger partial charge in [-0.25, -0.2) is 0 Å². The number of nitrogens with zero attached hydrogens (tertiary/aromatic N) is 1. The van der Waals surface area contributed by atoms with Crippen molar-refractivity contribution in [1.29, 1.82) is 0 Å². The Hall–Kier alpha value is -2.36. The predicted molar refractivity (Wildman–Crippen MR) is 80.0 cm³/mol. The second-order valence-electron chi connectivity index (χ2n) is 5.32. The molecule has 1 N–H and O–H groups in total. The molecule has 2 aromatic rings. The lowest BCUT2D eigenvalue weighted by Crippen LogP contribution is -2.34. The monoisotopic (exact) mass is 282 g/mol. The van der Waals surface area contributed by atoms with Gasteiger partial charge in [-0.2, -0.15) is 0 Å². The molecule has 3 rings (SSSR count). The minimum absolute atomic E-state index is 0.0730. The van der Waals surface area contributed by atoms with Crippen molar-refractivity contribution in [1.82, 2.24) is 10.3 Å². The number of benzene rings is 1. The number of carbonyl (C=O) groups is 1. The van der Waals surface area contributed by atoms with Crippen molar-refractivity contribution in [2.75, 3.05) is 7.11 Å². The lowest BCUT2D eigenvalue weighted by Gasteiger charge is -2.18. The zero-order valence-electron chi connectivity index (χ0n) is 12.0. The zero-order valence-corrected chi connectivity index (χ0v) is 12.0. The number of hydrogen-bond donors (Lipinski definition) is 1. The minimum atomic E-state index is -0.417. The van der Waals surface area contributed by atoms with Gasteiger partial charge >= 0.3 is 0 Å². The molecule has 0 unspecified atom stereocenters. The molecule has 1 heterocycles. The van der Waals surface area contributed by atoms with E-state index < -0.39 is 5.41 Å². The molecule has 21 heavy (non-hydrogen) atoms. The second kappa shape index (κ2) is 5.56. The summed E-state index contributed by atoms with van der Waals surface area (Å²) in [4.78, 5) is 16.6. The molecule has 0 atom stereocenters. The first-order valence-corrected chi connectivity index (χ1v) is 7.07. The zero-order chi connectivity index (χ0) is 14.7. The molecule has 108 valence electrons. The maximum Gasteiger partial charge on any atom is 0.231 e. The summed E-state index contributed by atoms with van der Waals surface area (Å²) in [7, 11) is 1.64. The molecule has 0 aliphatic heterocycles. The number of methoxy groups -OCH3 is 1. The second-order valence-corrected chi connectivity index (χ2v) is 5.32. The molecular weight excluding hydrogens is 264 g/mol. The standard InChI is InChI=1S/C17H18N2O2/c1-21-15-5-3-2-4-14(15)17(8-9-17)16(20)19-12-13-6-10-18-11-7-13/h2-7,10-11H,8-9,12H2,1H3,(H,19,20). The first-order valence-electron chi connectivity index (χ1n) is 7.07. The van der Waals surface area contributed by atoms with Gasteiger partial charge in [0.2, 0.25) is 5.91 Å². The predicted octanol–water partition coefficient (Wildman–Crippen LogP) is 2.44. The van der Waals surface area contributed by atoms with Crippen LogP contribution in [0.3, 0.4) is 0 Å². The number of ether oxygens (including phenoxy) is 1. The van der Waals surface area contributed by atoms with Crippen LogP contribution in [0.4, 0.5) is 0 Å². The SMILES string of the molecule is COc1ccccc1C1(C(=O)NCc2ccncc2)CC1. The molecule has 0 radical (unpaired) electrons. The average molecular weight is 282 g/mol. The summed E-state index contributed by atoms with van der Waals surface area (Å²) in [5.74, 6) is 0.859. The summed E-state index contributed by atoms with van der Waals surface area (Å²) in [6.45, 7) is 0.526. The van der Waals surface area contributed by atoms with Crippen LogP contribution in [0, 0.1) is 0 Å². The van der Waals surface area contributed by atoms with E-state index in [-0.39, 0.29) is 5.91 Å². The average Bonchev–Trinajstić information content (AvgIpc) is 3.35. The summed E-state index contributed by atoms with van der Waals surface area (Å²) in [6.07, 6.45) is 5.20. The van der Waals surface area contributed by atoms with E-state index in [9.17, 15) is 4.79 Å². The van der Waals surface area contributed by atoms with Crippen LogP contribution in [0.1, 0.15) is 24.0 Å². The van der Waals surface area contributed by atoms with Crippen molar-refractivity contribution in [2.24, 2.45) is 0 Å². The number of nitrogens with one attached hydrogen (secondary N) is 1. The number of hydrogen-bond acceptors (Lipinski definition) is 3. The molecule has 1 aliphatic carbocycles. The number of amides is 1. The van der Waals surface area contributed by atoms with E-state index in [4.69, 9.17) is 4.74 Å². The van der Waals surface area contributed by atoms with Crippen LogP contribution in [0.25, 0.3) is 0 Å². The Morgan fingerprint density at radius 3 is 2.62 bits per heavy atom. The van der Waals surface area contributed by atoms with E-state index in [0.717, 1.165) is 29.7 Å². The summed E-state index contributed by atoms with van der Waals surface area (Å²) in [5, 5.41) is 3.03. The Kier molecular flexibility index (Phi) is 3.60. The fourth-order valence-electron chi connectivity index (χ4n) is 2.64. The molecular formula is C17H18N2O2. The molecule has 4 heteroatoms. The van der Waals surface area contributed by atoms with Gasteiger partial charge in [0.1, 0.15) is 5.75 Å². The third-order valence-corrected chi connectivity index (χ3v) is 4.01. The van der Waals surface area contributed by atoms with Crippen LogP contribution < -0.4 is 10.1 Å². The van der Waals surface area contributed by atoms with E-state index >= 15 is 0 Å². The number of para-hydroxylation sites is 1. The number of carbonyl (C=O) groups excluding carboxylic acids is 1. The highest BCUT2D eigenvalue weighted by molar-refractivity contribution is 5.92. The third kappa shape index (κ3) is 2.61. The van der Waals surface area contributed by atoms with Gasteiger partial charge in [-0.1, -0.05) is 18.2 Å². The van der Waals surface area contributed by atoms with Crippen LogP contribution in [-0.2, 0) is 16.8 Å². The van der Waals surface area contributed by atoms with Gasteiger partial charge in [-0.15, -0.1) is 0 Å². The Labute approximate surface area is 124 Å². The first kappa shape index (κ1) is 13.6. The summed E-state index contributed by atoms with van der Waals surface area (Å²) in [6, 6.07) is 11.6. The van der Waals surface area contributed by atoms with Crippen molar-refractivity contribution in [3.8, 4) is 5.75 Å². The Morgan fingerprint density at radius 1 is 1.24 bits per heavy atom. The smallest absolute Gasteiger partial charge is 0.231 e. The van der Waals surface area contributed by atoms with Gasteiger partial charge in [0.25, 0.3) is 0 Å². The number of rotatable bonds is 5. The lowest BCUT2D eigenvalue weighted by molar-refractivity contribution is -0.123. The van der Waals surface area contributed by atoms with Crippen molar-refractivity contribution >= 4 is 5.91 Å². The third-order valence-electron chi connectivity index (χ3n) is 4.01. The Morgan fingerprint density at radius 2 is 1.95 bits per heavy atom. The highest BCUT2D eigenvalue weighted by Crippen LogP contribution is 2.51. The quantitative estimate of drug-likeness (QED) is 0.916. The van der Waals surface area contributed by atoms with Crippen molar-refractivity contribution in [3.63, 3.8) is 0 Å². The van der Waals surface area contributed by atoms with Crippen LogP contribution in [0.2, 0.25) is 0 Å². The van der Waals surface area contributed by atoms with Crippen LogP contribution in [0.5, 0.6) is 5.75 Å². The summed E-state index contributed by atoms with van der Waals surface area (Å²) < 4.78 is 5.40. The van der Waals surface area contributed by atoms with E-state index in [1.54, 1.807) is 19.5 Å². The van der Waals surface area contributed by atoms with E-state index in [1.807, 2.05) is 36.4 Å². The molecule has 4 nitrogen and oxygen atoms in total. The fourth-order valence-corrected chi connectivity index (χ4v) is 2.64. The Balaban J connectivity index is 1.75. The topological polar surface area (TPSA) is 51.2 Å². The molecule has 1 aromatic carbocycles. The molecule has 1 amide bonds. The number of pyridine rings is 1. The molecule has 1 aromatic heterocycles. The van der Waals surface area contributed by atoms with Crippen LogP contribution in [0.15, 0.2) is 48.8 Å². The van der Waals surface area contributed by atoms with E-state index in [1.165, 1.54) is 0 Å². The first-order chi connectivity index (χ1) is 10.3. The minimum Gasteiger partial charge on any atom is -0.496 e. The van der Waals surface area contributed by atoms with Gasteiger partial charge in [0.15, 0.2) is 0 Å². The molecule has 0 bridgehead atoms. The maximum absolute atomic E-state index is 12.6. The fraction of sp³-hybridized carbons (Fsp3) is 0.294. The van der Waals surface area contributed by atoms with Crippen molar-refractivity contribution in [3.05, 3.63) is 59.9 Å². The van der Waals surface area contributed by atoms with Gasteiger partial charge in [-0.3, -0.25) is 9.78 Å². The van der Waals surface area contributed by atoms with Gasteiger partial charge < -0.3 is 10.1 Å². The summed E-state index contributed by atoms with van der Waals surface area (Å²) >= 11 is 0. The molecule has 0 saturated heterocycles. The molecule has 1 fully saturated rings. The highest BCUT2D eigenvalue weighted by Gasteiger charge is 2.52. The van der Waals surface area contributed by atoms with Gasteiger partial charge in [0.05, 0.1) is 12.5 Å². The normalized spacial score (nSPS) is 15.3. The largest absolute Gasteiger partial charge is 0.496 e. The molecule has 0 spiro atoms. The van der Waals surface area contributed by atoms with Crippen LogP contribution >= 0.6 is 0 Å². The lowest BCUT2D eigenvalue weighted by atomic mass is 9.94. The highest BCUT2D eigenvalue weighted by atomic mass is 16.5. The van der Waals surface area contributed by atoms with Crippen molar-refractivity contribution < 1.29 is 9.53 Å². The number of aromatic nitrogens is 1. The van der Waals surface area contributed by atoms with Crippen LogP contribution in [-0.4, -0.2) is 18.0 Å². The molecule has 1 saturated carbocycles. The Bertz CT molecular complexity index is 636. The summed E-state index contributed by atoms with van der Waals surface area (Å²) in [5.41, 5.74) is 1.62. The van der Waals surface area contributed by atoms with Gasteiger partial charge in [-0.05, 0) is 36.6 Å². The van der Waals surface area contributed by atoms with E-state index in [2.05, 4.69) is 10.3 Å².